The molecule has 0 aliphatic carbocycles. The lowest BCUT2D eigenvalue weighted by atomic mass is 10.4. The Morgan fingerprint density at radius 3 is 1.65 bits per heavy atom. The van der Waals surface area contributed by atoms with Crippen LogP contribution >= 0.6 is 7.26 Å². The van der Waals surface area contributed by atoms with E-state index in [4.69, 9.17) is 15.3 Å². The van der Waals surface area contributed by atoms with Gasteiger partial charge in [-0.15, -0.1) is 0 Å². The normalized spacial score (nSPS) is 10.3. The summed E-state index contributed by atoms with van der Waals surface area (Å²) in [5.41, 5.74) is 0. The van der Waals surface area contributed by atoms with E-state index in [1.54, 1.807) is 5.30 Å². The van der Waals surface area contributed by atoms with Crippen LogP contribution in [0.5, 0.6) is 0 Å². The lowest BCUT2D eigenvalue weighted by Crippen LogP contribution is -2.17. The fourth-order valence-corrected chi connectivity index (χ4v) is 5.20. The van der Waals surface area contributed by atoms with Gasteiger partial charge in [0.05, 0.1) is 28.9 Å². The summed E-state index contributed by atoms with van der Waals surface area (Å²) in [6, 6.07) is 11.1. The largest absolute Gasteiger partial charge is 0.356 e. The van der Waals surface area contributed by atoms with Crippen molar-refractivity contribution in [1.82, 2.24) is 0 Å². The maximum atomic E-state index is 8.25. The number of benzene rings is 1. The number of hydrogen-bond acceptors (Lipinski definition) is 3. The van der Waals surface area contributed by atoms with E-state index in [9.17, 15) is 0 Å². The van der Waals surface area contributed by atoms with E-state index >= 15 is 0 Å². The van der Waals surface area contributed by atoms with Gasteiger partial charge < -0.3 is 15.3 Å². The zero-order valence-corrected chi connectivity index (χ0v) is 11.5. The first-order valence-corrected chi connectivity index (χ1v) is 8.10. The van der Waals surface area contributed by atoms with Crippen molar-refractivity contribution < 1.29 is 5.09 Å². The van der Waals surface area contributed by atoms with E-state index in [1.807, 2.05) is 0 Å². The Labute approximate surface area is 103 Å². The van der Waals surface area contributed by atoms with Crippen LogP contribution in [0, 0.1) is 15.3 Å². The summed E-state index contributed by atoms with van der Waals surface area (Å²) in [6.07, 6.45) is 4.05. The molecule has 4 nitrogen and oxygen atoms in total. The molecule has 0 atom stereocenters. The van der Waals surface area contributed by atoms with Gasteiger partial charge in [0.15, 0.2) is 0 Å². The van der Waals surface area contributed by atoms with E-state index in [1.165, 1.54) is 18.5 Å². The van der Waals surface area contributed by atoms with Crippen molar-refractivity contribution in [3.8, 4) is 0 Å². The monoisotopic (exact) mass is 257 g/mol. The molecule has 1 aromatic rings. The SMILES string of the molecule is CC[P+](CC)(CC)c1ccccc1.O=[N+]([O-])[O-]. The van der Waals surface area contributed by atoms with E-state index in [-0.39, 0.29) is 0 Å². The Hall–Kier alpha value is -1.15. The molecule has 0 saturated heterocycles. The van der Waals surface area contributed by atoms with Gasteiger partial charge in [-0.05, 0) is 32.9 Å². The average Bonchev–Trinajstić information content (AvgIpc) is 2.33. The van der Waals surface area contributed by atoms with E-state index in [0.29, 0.717) is 0 Å². The average molecular weight is 257 g/mol. The Morgan fingerprint density at radius 2 is 1.35 bits per heavy atom. The van der Waals surface area contributed by atoms with Crippen LogP contribution in [0.4, 0.5) is 0 Å². The topological polar surface area (TPSA) is 66.2 Å². The molecule has 0 aliphatic heterocycles. The van der Waals surface area contributed by atoms with Gasteiger partial charge in [-0.3, -0.25) is 0 Å². The molecule has 0 saturated carbocycles. The van der Waals surface area contributed by atoms with Gasteiger partial charge in [0, 0.05) is 7.26 Å². The van der Waals surface area contributed by atoms with Gasteiger partial charge >= 0.3 is 0 Å². The van der Waals surface area contributed by atoms with Crippen LogP contribution < -0.4 is 5.30 Å². The van der Waals surface area contributed by atoms with Gasteiger partial charge in [-0.2, -0.15) is 0 Å². The molecule has 0 unspecified atom stereocenters. The van der Waals surface area contributed by atoms with E-state index in [0.717, 1.165) is 0 Å². The van der Waals surface area contributed by atoms with Crippen molar-refractivity contribution in [2.24, 2.45) is 0 Å². The minimum atomic E-state index is -1.75. The summed E-state index contributed by atoms with van der Waals surface area (Å²) in [4.78, 5) is 8.25. The molecule has 0 heterocycles. The fraction of sp³-hybridized carbons (Fsp3) is 0.500. The van der Waals surface area contributed by atoms with Crippen LogP contribution in [0.2, 0.25) is 0 Å². The Morgan fingerprint density at radius 1 is 1.00 bits per heavy atom. The van der Waals surface area contributed by atoms with Gasteiger partial charge in [0.1, 0.15) is 0 Å². The van der Waals surface area contributed by atoms with Crippen LogP contribution in [-0.2, 0) is 0 Å². The molecule has 0 fully saturated rings. The van der Waals surface area contributed by atoms with Gasteiger partial charge in [0.2, 0.25) is 0 Å². The first-order chi connectivity index (χ1) is 8.02. The summed E-state index contributed by atoms with van der Waals surface area (Å²) in [5.74, 6) is 0. The number of nitrogens with zero attached hydrogens (tertiary/aromatic N) is 1. The second kappa shape index (κ2) is 8.02. The maximum absolute atomic E-state index is 8.25. The number of rotatable bonds is 4. The van der Waals surface area contributed by atoms with Gasteiger partial charge in [-0.1, -0.05) is 18.2 Å². The first-order valence-electron chi connectivity index (χ1n) is 5.75. The van der Waals surface area contributed by atoms with Crippen molar-refractivity contribution >= 4 is 12.6 Å². The molecule has 1 aromatic carbocycles. The van der Waals surface area contributed by atoms with Crippen molar-refractivity contribution in [2.45, 2.75) is 20.8 Å². The highest BCUT2D eigenvalue weighted by Crippen LogP contribution is 2.56. The Balaban J connectivity index is 0.000000557. The van der Waals surface area contributed by atoms with Crippen LogP contribution in [0.15, 0.2) is 30.3 Å². The standard InChI is InChI=1S/C12H20P.NO3/c1-4-13(5-2,6-3)12-10-8-7-9-11-12;2-1(3)4/h7-11H,4-6H2,1-3H3;/q+1;-1. The molecule has 0 N–H and O–H groups in total. The lowest BCUT2D eigenvalue weighted by molar-refractivity contribution is -0.402. The summed E-state index contributed by atoms with van der Waals surface area (Å²) in [6.45, 7) is 7.02. The second-order valence-corrected chi connectivity index (χ2v) is 8.36. The van der Waals surface area contributed by atoms with Crippen molar-refractivity contribution in [3.05, 3.63) is 45.7 Å². The predicted octanol–water partition coefficient (Wildman–Crippen LogP) is 3.15. The van der Waals surface area contributed by atoms with Crippen molar-refractivity contribution in [3.63, 3.8) is 0 Å². The Bertz CT molecular complexity index is 314. The van der Waals surface area contributed by atoms with Crippen molar-refractivity contribution in [2.75, 3.05) is 18.5 Å². The van der Waals surface area contributed by atoms with Crippen LogP contribution in [0.1, 0.15) is 20.8 Å². The third-order valence-electron chi connectivity index (χ3n) is 3.12. The zero-order chi connectivity index (χ0) is 13.3. The summed E-state index contributed by atoms with van der Waals surface area (Å²) in [7, 11) is -0.791. The third-order valence-corrected chi connectivity index (χ3v) is 8.15. The highest BCUT2D eigenvalue weighted by atomic mass is 31.2. The molecule has 1 rings (SSSR count). The van der Waals surface area contributed by atoms with Crippen LogP contribution in [0.3, 0.4) is 0 Å². The van der Waals surface area contributed by atoms with E-state index < -0.39 is 12.3 Å². The fourth-order valence-electron chi connectivity index (χ4n) is 1.96. The molecule has 0 radical (unpaired) electrons. The van der Waals surface area contributed by atoms with Gasteiger partial charge in [-0.25, -0.2) is 0 Å². The molecule has 96 valence electrons. The highest BCUT2D eigenvalue weighted by Gasteiger charge is 2.33. The Kier molecular flexibility index (Phi) is 7.47. The van der Waals surface area contributed by atoms with Crippen molar-refractivity contribution in [1.29, 1.82) is 0 Å². The molecule has 17 heavy (non-hydrogen) atoms. The smallest absolute Gasteiger partial charge is 0.0939 e. The second-order valence-electron chi connectivity index (χ2n) is 3.65. The summed E-state index contributed by atoms with van der Waals surface area (Å²) in [5, 5.41) is 16.4. The van der Waals surface area contributed by atoms with E-state index in [2.05, 4.69) is 51.1 Å². The maximum Gasteiger partial charge on any atom is 0.0939 e. The molecule has 0 aromatic heterocycles. The third kappa shape index (κ3) is 5.14. The molecule has 0 amide bonds. The number of hydrogen-bond donors (Lipinski definition) is 0. The lowest BCUT2D eigenvalue weighted by Gasteiger charge is -2.23. The molecular weight excluding hydrogens is 237 g/mol. The molecule has 0 spiro atoms. The first kappa shape index (κ1) is 15.9. The molecular formula is C12H20NO3P. The zero-order valence-electron chi connectivity index (χ0n) is 10.6. The summed E-state index contributed by atoms with van der Waals surface area (Å²) >= 11 is 0. The highest BCUT2D eigenvalue weighted by molar-refractivity contribution is 7.82. The predicted molar refractivity (Wildman–Crippen MR) is 75.0 cm³/mol. The molecule has 5 heteroatoms. The van der Waals surface area contributed by atoms with Crippen LogP contribution in [0.25, 0.3) is 0 Å². The van der Waals surface area contributed by atoms with Gasteiger partial charge in [0.25, 0.3) is 0 Å². The molecule has 0 bridgehead atoms. The minimum absolute atomic E-state index is 0.791. The minimum Gasteiger partial charge on any atom is -0.356 e. The quantitative estimate of drug-likeness (QED) is 0.472. The summed E-state index contributed by atoms with van der Waals surface area (Å²) < 4.78 is 0. The molecule has 0 aliphatic rings. The van der Waals surface area contributed by atoms with Crippen LogP contribution in [-0.4, -0.2) is 23.6 Å².